The van der Waals surface area contributed by atoms with Crippen LogP contribution in [-0.4, -0.2) is 13.2 Å². The summed E-state index contributed by atoms with van der Waals surface area (Å²) in [6, 6.07) is 0. The van der Waals surface area contributed by atoms with Gasteiger partial charge in [0.15, 0.2) is 0 Å². The van der Waals surface area contributed by atoms with Gasteiger partial charge in [-0.25, -0.2) is 0 Å². The van der Waals surface area contributed by atoms with Crippen molar-refractivity contribution in [3.8, 4) is 0 Å². The molecule has 0 N–H and O–H groups in total. The summed E-state index contributed by atoms with van der Waals surface area (Å²) in [5, 5.41) is 0. The van der Waals surface area contributed by atoms with Crippen molar-refractivity contribution in [1.82, 2.24) is 0 Å². The topological polar surface area (TPSA) is 9.23 Å². The molecule has 0 aromatic rings. The van der Waals surface area contributed by atoms with Crippen molar-refractivity contribution in [3.05, 3.63) is 0 Å². The van der Waals surface area contributed by atoms with E-state index in [2.05, 4.69) is 13.8 Å². The maximum Gasteiger partial charge on any atom is 0.0581 e. The molecule has 62 valence electrons. The summed E-state index contributed by atoms with van der Waals surface area (Å²) in [5.41, 5.74) is 0.570. The SMILES string of the molecule is C.COC1CC(C)(C)C1.[W]. The molecule has 0 aromatic heterocycles. The molecule has 0 atom stereocenters. The summed E-state index contributed by atoms with van der Waals surface area (Å²) in [5.74, 6) is 0. The van der Waals surface area contributed by atoms with Crippen LogP contribution in [0.25, 0.3) is 0 Å². The Labute approximate surface area is 78.8 Å². The summed E-state index contributed by atoms with van der Waals surface area (Å²) in [7, 11) is 1.79. The van der Waals surface area contributed by atoms with Crippen molar-refractivity contribution in [2.45, 2.75) is 40.2 Å². The van der Waals surface area contributed by atoms with E-state index in [-0.39, 0.29) is 28.5 Å². The Hall–Kier alpha value is 0.648. The minimum atomic E-state index is 0. The van der Waals surface area contributed by atoms with Crippen molar-refractivity contribution < 1.29 is 25.8 Å². The Morgan fingerprint density at radius 1 is 1.30 bits per heavy atom. The largest absolute Gasteiger partial charge is 0.381 e. The van der Waals surface area contributed by atoms with Gasteiger partial charge in [0.25, 0.3) is 0 Å². The fraction of sp³-hybridized carbons (Fsp3) is 1.00. The second-order valence-electron chi connectivity index (χ2n) is 3.43. The summed E-state index contributed by atoms with van der Waals surface area (Å²) < 4.78 is 5.12. The molecule has 1 nitrogen and oxygen atoms in total. The van der Waals surface area contributed by atoms with Gasteiger partial charge in [0.1, 0.15) is 0 Å². The molecule has 0 radical (unpaired) electrons. The second-order valence-corrected chi connectivity index (χ2v) is 3.43. The summed E-state index contributed by atoms with van der Waals surface area (Å²) >= 11 is 0. The molecule has 0 spiro atoms. The van der Waals surface area contributed by atoms with Crippen molar-refractivity contribution in [2.24, 2.45) is 5.41 Å². The van der Waals surface area contributed by atoms with Crippen LogP contribution in [0, 0.1) is 5.41 Å². The fourth-order valence-electron chi connectivity index (χ4n) is 1.34. The van der Waals surface area contributed by atoms with Crippen LogP contribution in [0.1, 0.15) is 34.1 Å². The summed E-state index contributed by atoms with van der Waals surface area (Å²) in [6.45, 7) is 4.56. The van der Waals surface area contributed by atoms with Crippen LogP contribution < -0.4 is 0 Å². The molecule has 1 aliphatic carbocycles. The van der Waals surface area contributed by atoms with Crippen LogP contribution in [-0.2, 0) is 25.8 Å². The zero-order valence-corrected chi connectivity index (χ0v) is 9.24. The molecular weight excluding hydrogens is 296 g/mol. The minimum absolute atomic E-state index is 0. The van der Waals surface area contributed by atoms with Gasteiger partial charge in [-0.15, -0.1) is 0 Å². The standard InChI is InChI=1S/C7H14O.CH4.W/c1-7(2)4-6(5-7)8-3;;/h6H,4-5H2,1-3H3;1H4;. The predicted octanol–water partition coefficient (Wildman–Crippen LogP) is 2.46. The number of rotatable bonds is 1. The third-order valence-electron chi connectivity index (χ3n) is 1.89. The Bertz CT molecular complexity index is 83.3. The van der Waals surface area contributed by atoms with Gasteiger partial charge < -0.3 is 4.74 Å². The monoisotopic (exact) mass is 314 g/mol. The van der Waals surface area contributed by atoms with Gasteiger partial charge in [-0.1, -0.05) is 21.3 Å². The van der Waals surface area contributed by atoms with E-state index in [4.69, 9.17) is 4.74 Å². The zero-order chi connectivity index (χ0) is 6.20. The third-order valence-corrected chi connectivity index (χ3v) is 1.89. The van der Waals surface area contributed by atoms with Crippen LogP contribution in [0.15, 0.2) is 0 Å². The molecule has 0 aliphatic heterocycles. The van der Waals surface area contributed by atoms with E-state index in [1.54, 1.807) is 7.11 Å². The molecule has 10 heavy (non-hydrogen) atoms. The van der Waals surface area contributed by atoms with Crippen LogP contribution >= 0.6 is 0 Å². The van der Waals surface area contributed by atoms with Crippen molar-refractivity contribution in [3.63, 3.8) is 0 Å². The summed E-state index contributed by atoms with van der Waals surface area (Å²) in [6.07, 6.45) is 3.04. The average molecular weight is 314 g/mol. The van der Waals surface area contributed by atoms with E-state index in [1.165, 1.54) is 12.8 Å². The molecular formula is C8H18OW. The van der Waals surface area contributed by atoms with E-state index in [9.17, 15) is 0 Å². The van der Waals surface area contributed by atoms with Crippen molar-refractivity contribution in [2.75, 3.05) is 7.11 Å². The molecule has 2 heteroatoms. The Morgan fingerprint density at radius 3 is 1.80 bits per heavy atom. The molecule has 1 aliphatic rings. The molecule has 0 heterocycles. The first-order valence-electron chi connectivity index (χ1n) is 3.17. The molecule has 0 amide bonds. The van der Waals surface area contributed by atoms with Crippen LogP contribution in [0.5, 0.6) is 0 Å². The van der Waals surface area contributed by atoms with Gasteiger partial charge in [0, 0.05) is 28.2 Å². The first-order valence-corrected chi connectivity index (χ1v) is 3.17. The van der Waals surface area contributed by atoms with Gasteiger partial charge >= 0.3 is 0 Å². The van der Waals surface area contributed by atoms with E-state index < -0.39 is 0 Å². The molecule has 0 aromatic carbocycles. The molecule has 1 rings (SSSR count). The van der Waals surface area contributed by atoms with Crippen molar-refractivity contribution >= 4 is 0 Å². The van der Waals surface area contributed by atoms with Crippen molar-refractivity contribution in [1.29, 1.82) is 0 Å². The Balaban J connectivity index is 0. The van der Waals surface area contributed by atoms with Crippen LogP contribution in [0.2, 0.25) is 0 Å². The van der Waals surface area contributed by atoms with Crippen LogP contribution in [0.4, 0.5) is 0 Å². The molecule has 0 unspecified atom stereocenters. The third kappa shape index (κ3) is 3.16. The smallest absolute Gasteiger partial charge is 0.0581 e. The second kappa shape index (κ2) is 4.51. The quantitative estimate of drug-likeness (QED) is 0.722. The normalized spacial score (nSPS) is 21.9. The van der Waals surface area contributed by atoms with E-state index in [0.717, 1.165) is 0 Å². The minimum Gasteiger partial charge on any atom is -0.381 e. The van der Waals surface area contributed by atoms with E-state index in [0.29, 0.717) is 11.5 Å². The zero-order valence-electron chi connectivity index (χ0n) is 6.31. The first-order chi connectivity index (χ1) is 3.64. The maximum absolute atomic E-state index is 5.12. The molecule has 0 saturated heterocycles. The number of hydrogen-bond donors (Lipinski definition) is 0. The van der Waals surface area contributed by atoms with E-state index in [1.807, 2.05) is 0 Å². The van der Waals surface area contributed by atoms with E-state index >= 15 is 0 Å². The fourth-order valence-corrected chi connectivity index (χ4v) is 1.34. The maximum atomic E-state index is 5.12. The predicted molar refractivity (Wildman–Crippen MR) is 40.5 cm³/mol. The van der Waals surface area contributed by atoms with Gasteiger partial charge in [0.05, 0.1) is 6.10 Å². The summed E-state index contributed by atoms with van der Waals surface area (Å²) in [4.78, 5) is 0. The molecule has 0 bridgehead atoms. The van der Waals surface area contributed by atoms with Gasteiger partial charge in [0.2, 0.25) is 0 Å². The molecule has 1 saturated carbocycles. The number of hydrogen-bond acceptors (Lipinski definition) is 1. The number of methoxy groups -OCH3 is 1. The van der Waals surface area contributed by atoms with Gasteiger partial charge in [-0.2, -0.15) is 0 Å². The van der Waals surface area contributed by atoms with Gasteiger partial charge in [-0.05, 0) is 18.3 Å². The number of ether oxygens (including phenoxy) is 1. The first kappa shape index (κ1) is 13.3. The van der Waals surface area contributed by atoms with Gasteiger partial charge in [-0.3, -0.25) is 0 Å². The van der Waals surface area contributed by atoms with Crippen LogP contribution in [0.3, 0.4) is 0 Å². The molecule has 1 fully saturated rings. The Morgan fingerprint density at radius 2 is 1.70 bits per heavy atom. The Kier molecular flexibility index (Phi) is 5.98. The average Bonchev–Trinajstić information content (AvgIpc) is 1.60.